The Bertz CT molecular complexity index is 451. The summed E-state index contributed by atoms with van der Waals surface area (Å²) in [5, 5.41) is 11.7. The fourth-order valence-corrected chi connectivity index (χ4v) is 2.80. The topological polar surface area (TPSA) is 66.4 Å². The molecule has 1 aliphatic carbocycles. The summed E-state index contributed by atoms with van der Waals surface area (Å²) >= 11 is 1.47. The molecular weight excluding hydrogens is 250 g/mol. The molecule has 1 heterocycles. The first-order valence-corrected chi connectivity index (χ1v) is 7.03. The Morgan fingerprint density at radius 2 is 2.22 bits per heavy atom. The molecule has 0 aromatic carbocycles. The summed E-state index contributed by atoms with van der Waals surface area (Å²) in [6.07, 6.45) is 2.97. The maximum Gasteiger partial charge on any atom is 0.305 e. The molecule has 1 unspecified atom stereocenters. The van der Waals surface area contributed by atoms with Crippen molar-refractivity contribution in [2.24, 2.45) is 5.92 Å². The third kappa shape index (κ3) is 3.32. The van der Waals surface area contributed by atoms with Gasteiger partial charge in [0.25, 0.3) is 5.91 Å². The molecule has 18 heavy (non-hydrogen) atoms. The van der Waals surface area contributed by atoms with Crippen molar-refractivity contribution < 1.29 is 14.7 Å². The highest BCUT2D eigenvalue weighted by atomic mass is 32.1. The van der Waals surface area contributed by atoms with Gasteiger partial charge < -0.3 is 10.4 Å². The lowest BCUT2D eigenvalue weighted by Crippen LogP contribution is -2.37. The lowest BCUT2D eigenvalue weighted by atomic mass is 10.1. The van der Waals surface area contributed by atoms with Crippen molar-refractivity contribution in [2.45, 2.75) is 38.6 Å². The van der Waals surface area contributed by atoms with Gasteiger partial charge in [-0.3, -0.25) is 9.59 Å². The molecule has 1 aliphatic rings. The maximum absolute atomic E-state index is 12.0. The van der Waals surface area contributed by atoms with E-state index in [9.17, 15) is 9.59 Å². The minimum Gasteiger partial charge on any atom is -0.481 e. The van der Waals surface area contributed by atoms with E-state index in [0.29, 0.717) is 10.8 Å². The molecule has 2 N–H and O–H groups in total. The van der Waals surface area contributed by atoms with E-state index in [-0.39, 0.29) is 18.4 Å². The maximum atomic E-state index is 12.0. The van der Waals surface area contributed by atoms with Crippen LogP contribution in [-0.2, 0) is 11.2 Å². The van der Waals surface area contributed by atoms with E-state index >= 15 is 0 Å². The smallest absolute Gasteiger partial charge is 0.305 e. The van der Waals surface area contributed by atoms with Gasteiger partial charge in [-0.1, -0.05) is 6.92 Å². The van der Waals surface area contributed by atoms with Crippen molar-refractivity contribution >= 4 is 23.2 Å². The molecule has 0 spiro atoms. The second kappa shape index (κ2) is 5.52. The zero-order valence-corrected chi connectivity index (χ0v) is 11.1. The molecule has 0 bridgehead atoms. The first kappa shape index (κ1) is 13.1. The molecule has 0 radical (unpaired) electrons. The molecule has 5 heteroatoms. The van der Waals surface area contributed by atoms with Crippen LogP contribution < -0.4 is 5.32 Å². The summed E-state index contributed by atoms with van der Waals surface area (Å²) < 4.78 is 0. The first-order valence-electron chi connectivity index (χ1n) is 6.21. The Kier molecular flexibility index (Phi) is 4.01. The third-order valence-corrected chi connectivity index (χ3v) is 4.36. The summed E-state index contributed by atoms with van der Waals surface area (Å²) in [4.78, 5) is 24.6. The lowest BCUT2D eigenvalue weighted by Gasteiger charge is -2.15. The molecular formula is C13H17NO3S. The number of carbonyl (C=O) groups is 2. The molecule has 1 aromatic rings. The molecule has 1 saturated carbocycles. The number of thiophene rings is 1. The molecule has 1 atom stereocenters. The molecule has 0 aliphatic heterocycles. The van der Waals surface area contributed by atoms with E-state index in [2.05, 4.69) is 5.32 Å². The second-order valence-electron chi connectivity index (χ2n) is 4.63. The van der Waals surface area contributed by atoms with E-state index in [1.807, 2.05) is 19.1 Å². The van der Waals surface area contributed by atoms with Crippen molar-refractivity contribution in [1.82, 2.24) is 5.32 Å². The van der Waals surface area contributed by atoms with Crippen molar-refractivity contribution in [1.29, 1.82) is 0 Å². The summed E-state index contributed by atoms with van der Waals surface area (Å²) in [6.45, 7) is 2.05. The van der Waals surface area contributed by atoms with Gasteiger partial charge in [-0.05, 0) is 37.3 Å². The molecule has 98 valence electrons. The van der Waals surface area contributed by atoms with Crippen LogP contribution in [0.25, 0.3) is 0 Å². The van der Waals surface area contributed by atoms with Gasteiger partial charge in [0.05, 0.1) is 11.3 Å². The predicted octanol–water partition coefficient (Wildman–Crippen LogP) is 2.29. The highest BCUT2D eigenvalue weighted by Gasteiger charge is 2.34. The van der Waals surface area contributed by atoms with Crippen molar-refractivity contribution in [3.63, 3.8) is 0 Å². The van der Waals surface area contributed by atoms with Crippen molar-refractivity contribution in [3.05, 3.63) is 21.9 Å². The van der Waals surface area contributed by atoms with E-state index in [1.165, 1.54) is 16.2 Å². The largest absolute Gasteiger partial charge is 0.481 e. The van der Waals surface area contributed by atoms with Crippen LogP contribution in [0.4, 0.5) is 0 Å². The van der Waals surface area contributed by atoms with Crippen LogP contribution in [0.15, 0.2) is 12.1 Å². The number of hydrogen-bond acceptors (Lipinski definition) is 3. The van der Waals surface area contributed by atoms with Gasteiger partial charge in [-0.25, -0.2) is 0 Å². The average molecular weight is 267 g/mol. The monoisotopic (exact) mass is 267 g/mol. The number of hydrogen-bond donors (Lipinski definition) is 2. The number of carboxylic acids is 1. The van der Waals surface area contributed by atoms with E-state index in [4.69, 9.17) is 5.11 Å². The van der Waals surface area contributed by atoms with Crippen LogP contribution >= 0.6 is 11.3 Å². The zero-order valence-electron chi connectivity index (χ0n) is 10.3. The zero-order chi connectivity index (χ0) is 13.1. The summed E-state index contributed by atoms with van der Waals surface area (Å²) in [6, 6.07) is 3.54. The normalized spacial score (nSPS) is 16.3. The van der Waals surface area contributed by atoms with Crippen LogP contribution in [0.5, 0.6) is 0 Å². The van der Waals surface area contributed by atoms with Gasteiger partial charge in [0.15, 0.2) is 0 Å². The van der Waals surface area contributed by atoms with Crippen LogP contribution in [0.1, 0.15) is 40.7 Å². The quantitative estimate of drug-likeness (QED) is 0.831. The number of carbonyl (C=O) groups excluding carboxylic acids is 1. The van der Waals surface area contributed by atoms with E-state index in [1.54, 1.807) is 0 Å². The Labute approximate surface area is 110 Å². The van der Waals surface area contributed by atoms with Crippen LogP contribution in [0.2, 0.25) is 0 Å². The molecule has 1 fully saturated rings. The summed E-state index contributed by atoms with van der Waals surface area (Å²) in [7, 11) is 0. The van der Waals surface area contributed by atoms with Crippen LogP contribution in [0.3, 0.4) is 0 Å². The number of nitrogens with one attached hydrogen (secondary N) is 1. The van der Waals surface area contributed by atoms with Gasteiger partial charge in [-0.15, -0.1) is 11.3 Å². The van der Waals surface area contributed by atoms with Crippen molar-refractivity contribution in [3.8, 4) is 0 Å². The van der Waals surface area contributed by atoms with Crippen LogP contribution in [-0.4, -0.2) is 23.0 Å². The number of aliphatic carboxylic acids is 1. The average Bonchev–Trinajstić information content (AvgIpc) is 3.05. The minimum atomic E-state index is -0.854. The van der Waals surface area contributed by atoms with E-state index in [0.717, 1.165) is 19.3 Å². The fraction of sp³-hybridized carbons (Fsp3) is 0.538. The Balaban J connectivity index is 1.97. The SMILES string of the molecule is CCc1ccc(C(=O)NC(CC(=O)O)C2CC2)s1. The number of rotatable bonds is 6. The lowest BCUT2D eigenvalue weighted by molar-refractivity contribution is -0.137. The molecule has 1 aromatic heterocycles. The molecule has 0 saturated heterocycles. The van der Waals surface area contributed by atoms with Gasteiger partial charge in [0.1, 0.15) is 0 Å². The fourth-order valence-electron chi connectivity index (χ4n) is 1.95. The minimum absolute atomic E-state index is 0.0163. The summed E-state index contributed by atoms with van der Waals surface area (Å²) in [5.74, 6) is -0.652. The Hall–Kier alpha value is -1.36. The third-order valence-electron chi connectivity index (χ3n) is 3.14. The van der Waals surface area contributed by atoms with Gasteiger partial charge in [0, 0.05) is 10.9 Å². The highest BCUT2D eigenvalue weighted by Crippen LogP contribution is 2.34. The number of amides is 1. The van der Waals surface area contributed by atoms with Gasteiger partial charge >= 0.3 is 5.97 Å². The number of carboxylic acid groups (broad SMARTS) is 1. The van der Waals surface area contributed by atoms with Crippen molar-refractivity contribution in [2.75, 3.05) is 0 Å². The van der Waals surface area contributed by atoms with Gasteiger partial charge in [-0.2, -0.15) is 0 Å². The highest BCUT2D eigenvalue weighted by molar-refractivity contribution is 7.14. The van der Waals surface area contributed by atoms with Gasteiger partial charge in [0.2, 0.25) is 0 Å². The van der Waals surface area contributed by atoms with Crippen LogP contribution in [0, 0.1) is 5.92 Å². The molecule has 2 rings (SSSR count). The molecule has 1 amide bonds. The second-order valence-corrected chi connectivity index (χ2v) is 5.80. The summed E-state index contributed by atoms with van der Waals surface area (Å²) in [5.41, 5.74) is 0. The van der Waals surface area contributed by atoms with E-state index < -0.39 is 5.97 Å². The Morgan fingerprint density at radius 3 is 2.72 bits per heavy atom. The molecule has 4 nitrogen and oxygen atoms in total. The first-order chi connectivity index (χ1) is 8.60. The number of aryl methyl sites for hydroxylation is 1. The Morgan fingerprint density at radius 1 is 1.50 bits per heavy atom. The standard InChI is InChI=1S/C13H17NO3S/c1-2-9-5-6-11(18-9)13(17)14-10(7-12(15)16)8-3-4-8/h5-6,8,10H,2-4,7H2,1H3,(H,14,17)(H,15,16). The predicted molar refractivity (Wildman–Crippen MR) is 69.9 cm³/mol.